The Hall–Kier alpha value is 15.3. The molecule has 29 heavy (non-hydrogen) atoms. The van der Waals surface area contributed by atoms with E-state index in [-0.39, 0.29) is 491 Å². The van der Waals surface area contributed by atoms with Gasteiger partial charge in [-0.3, -0.25) is 0 Å². The SMILES string of the molecule is CCC.Cc1[c-]cc2c[c-]ccc2c1.[Y].[Y].[Y].[Y].[Y].[Y].[Y].[Y].[Y].[Y].[Y].[Y].[Y].[Y].[Y]. The Morgan fingerprint density at radius 2 is 0.931 bits per heavy atom. The summed E-state index contributed by atoms with van der Waals surface area (Å²) in [7, 11) is 0. The Balaban J connectivity index is -0.00000000801. The quantitative estimate of drug-likeness (QED) is 0.349. The van der Waals surface area contributed by atoms with E-state index in [1.54, 1.807) is 0 Å². The fourth-order valence-electron chi connectivity index (χ4n) is 1.18. The van der Waals surface area contributed by atoms with Gasteiger partial charge in [-0.2, -0.15) is 58.8 Å². The molecule has 2 aromatic carbocycles. The monoisotopic (exact) mass is 1520 g/mol. The van der Waals surface area contributed by atoms with Gasteiger partial charge in [0.1, 0.15) is 0 Å². The van der Waals surface area contributed by atoms with Crippen molar-refractivity contribution in [3.8, 4) is 0 Å². The molecule has 0 nitrogen and oxygen atoms in total. The van der Waals surface area contributed by atoms with Crippen molar-refractivity contribution in [3.63, 3.8) is 0 Å². The second-order valence-electron chi connectivity index (χ2n) is 3.38. The van der Waals surface area contributed by atoms with Gasteiger partial charge in [-0.15, -0.1) is 0 Å². The van der Waals surface area contributed by atoms with E-state index in [0.717, 1.165) is 0 Å². The van der Waals surface area contributed by atoms with E-state index in [4.69, 9.17) is 0 Å². The van der Waals surface area contributed by atoms with Gasteiger partial charge in [-0.05, 0) is 0 Å². The molecule has 0 unspecified atom stereocenters. The van der Waals surface area contributed by atoms with Crippen molar-refractivity contribution in [3.05, 3.63) is 48.0 Å². The summed E-state index contributed by atoms with van der Waals surface area (Å²) in [5, 5.41) is 2.47. The largest absolute Gasteiger partial charge is 0.185 e. The zero-order chi connectivity index (χ0) is 10.4. The van der Waals surface area contributed by atoms with Crippen LogP contribution in [-0.2, 0) is 491 Å². The molecule has 119 valence electrons. The Bertz CT molecular complexity index is 417. The van der Waals surface area contributed by atoms with Gasteiger partial charge in [0.05, 0.1) is 0 Å². The molecule has 2 aromatic rings. The molecule has 0 spiro atoms. The van der Waals surface area contributed by atoms with Crippen LogP contribution in [0.2, 0.25) is 0 Å². The summed E-state index contributed by atoms with van der Waals surface area (Å²) in [5.74, 6) is 0. The third-order valence-electron chi connectivity index (χ3n) is 1.76. The van der Waals surface area contributed by atoms with Crippen LogP contribution in [0.15, 0.2) is 30.3 Å². The van der Waals surface area contributed by atoms with E-state index in [1.165, 1.54) is 22.8 Å². The molecule has 0 aliphatic rings. The molecule has 0 N–H and O–H groups in total. The van der Waals surface area contributed by atoms with Gasteiger partial charge in [0.2, 0.25) is 0 Å². The number of benzene rings is 2. The van der Waals surface area contributed by atoms with Crippen molar-refractivity contribution in [2.75, 3.05) is 0 Å². The van der Waals surface area contributed by atoms with Crippen LogP contribution >= 0.6 is 0 Å². The van der Waals surface area contributed by atoms with Crippen molar-refractivity contribution in [2.24, 2.45) is 0 Å². The van der Waals surface area contributed by atoms with Crippen molar-refractivity contribution in [2.45, 2.75) is 27.2 Å². The predicted octanol–water partition coefficient (Wildman–Crippen LogP) is 4.13. The molecule has 2 rings (SSSR count). The maximum absolute atomic E-state index is 3.15. The van der Waals surface area contributed by atoms with Gasteiger partial charge in [-0.1, -0.05) is 27.2 Å². The first kappa shape index (κ1) is 96.7. The molecular formula is C14H16Y15-2. The number of aryl methyl sites for hydroxylation is 1. The van der Waals surface area contributed by atoms with Crippen molar-refractivity contribution < 1.29 is 491 Å². The smallest absolute Gasteiger partial charge is 0 e. The zero-order valence-electron chi connectivity index (χ0n) is 17.8. The van der Waals surface area contributed by atoms with E-state index in [1.807, 2.05) is 18.2 Å². The third kappa shape index (κ3) is 59.2. The summed E-state index contributed by atoms with van der Waals surface area (Å²) in [5.41, 5.74) is 1.18. The van der Waals surface area contributed by atoms with Crippen LogP contribution in [-0.4, -0.2) is 0 Å². The molecule has 0 aliphatic carbocycles. The first-order valence-corrected chi connectivity index (χ1v) is 5.06. The van der Waals surface area contributed by atoms with Crippen LogP contribution in [0.25, 0.3) is 10.8 Å². The molecule has 0 saturated carbocycles. The maximum Gasteiger partial charge on any atom is 0 e. The van der Waals surface area contributed by atoms with E-state index < -0.39 is 0 Å². The second-order valence-corrected chi connectivity index (χ2v) is 3.38. The summed E-state index contributed by atoms with van der Waals surface area (Å²) in [4.78, 5) is 0. The summed E-state index contributed by atoms with van der Waals surface area (Å²) >= 11 is 0. The standard InChI is InChI=1S/C11H8.C3H8.15Y/c1-9-6-7-10-4-2-3-5-11(10)8-9;1-3-2;;;;;;;;;;;;;;;/h3-5,7-8H,1H3;3H2,1-2H3;;;;;;;;;;;;;;;/q-2;;;;;;;;;;;;;;;;. The Morgan fingerprint density at radius 3 is 1.28 bits per heavy atom. The second kappa shape index (κ2) is 74.2. The van der Waals surface area contributed by atoms with E-state index in [2.05, 4.69) is 45.0 Å². The van der Waals surface area contributed by atoms with E-state index in [0.29, 0.717) is 0 Å². The van der Waals surface area contributed by atoms with Gasteiger partial charge in [0.15, 0.2) is 0 Å². The fourth-order valence-corrected chi connectivity index (χ4v) is 1.18. The van der Waals surface area contributed by atoms with Crippen LogP contribution in [0, 0.1) is 19.1 Å². The molecule has 0 saturated heterocycles. The van der Waals surface area contributed by atoms with Gasteiger partial charge < -0.3 is 0 Å². The summed E-state index contributed by atoms with van der Waals surface area (Å²) in [6.07, 6.45) is 1.25. The first-order valence-electron chi connectivity index (χ1n) is 5.06. The minimum atomic E-state index is 0. The topological polar surface area (TPSA) is 0 Å². The minimum absolute atomic E-state index is 0. The number of rotatable bonds is 0. The van der Waals surface area contributed by atoms with Crippen LogP contribution in [0.3, 0.4) is 0 Å². The van der Waals surface area contributed by atoms with Gasteiger partial charge in [0.25, 0.3) is 0 Å². The molecule has 0 atom stereocenters. The molecule has 0 aliphatic heterocycles. The van der Waals surface area contributed by atoms with Gasteiger partial charge >= 0.3 is 0 Å². The number of hydrogen-bond donors (Lipinski definition) is 0. The van der Waals surface area contributed by atoms with Gasteiger partial charge in [0, 0.05) is 491 Å². The Kier molecular flexibility index (Phi) is 248. The van der Waals surface area contributed by atoms with Crippen LogP contribution < -0.4 is 0 Å². The molecule has 0 fully saturated rings. The first-order chi connectivity index (χ1) is 6.77. The average molecular weight is 1520 g/mol. The predicted molar refractivity (Wildman–Crippen MR) is 62.3 cm³/mol. The van der Waals surface area contributed by atoms with Crippen LogP contribution in [0.4, 0.5) is 0 Å². The molecule has 0 heterocycles. The van der Waals surface area contributed by atoms with Gasteiger partial charge in [-0.25, -0.2) is 0 Å². The normalized spacial score (nSPS) is 4.52. The average Bonchev–Trinajstić information content (AvgIpc) is 2.19. The molecular weight excluding hydrogens is 1500 g/mol. The van der Waals surface area contributed by atoms with Crippen molar-refractivity contribution >= 4 is 10.8 Å². The minimum Gasteiger partial charge on any atom is -0.185 e. The molecule has 15 heteroatoms. The molecule has 15 radical (unpaired) electrons. The molecule has 0 bridgehead atoms. The number of fused-ring (bicyclic) bond motifs is 1. The Morgan fingerprint density at radius 1 is 0.586 bits per heavy atom. The van der Waals surface area contributed by atoms with Crippen molar-refractivity contribution in [1.82, 2.24) is 0 Å². The number of hydrogen-bond acceptors (Lipinski definition) is 0. The van der Waals surface area contributed by atoms with Crippen molar-refractivity contribution in [1.29, 1.82) is 0 Å². The fraction of sp³-hybridized carbons (Fsp3) is 0.286. The third-order valence-corrected chi connectivity index (χ3v) is 1.76. The van der Waals surface area contributed by atoms with Crippen LogP contribution in [0.5, 0.6) is 0 Å². The summed E-state index contributed by atoms with van der Waals surface area (Å²) in [6, 6.07) is 16.3. The molecule has 0 aromatic heterocycles. The van der Waals surface area contributed by atoms with E-state index in [9.17, 15) is 0 Å². The zero-order valence-corrected chi connectivity index (χ0v) is 60.3. The van der Waals surface area contributed by atoms with E-state index >= 15 is 0 Å². The van der Waals surface area contributed by atoms with Crippen LogP contribution in [0.1, 0.15) is 25.8 Å². The Labute approximate surface area is 557 Å². The summed E-state index contributed by atoms with van der Waals surface area (Å²) in [6.45, 7) is 6.30. The summed E-state index contributed by atoms with van der Waals surface area (Å²) < 4.78 is 0. The molecule has 0 amide bonds. The maximum atomic E-state index is 3.15.